The maximum absolute atomic E-state index is 12.9. The molecule has 19 heteroatoms. The Labute approximate surface area is 367 Å². The van der Waals surface area contributed by atoms with Gasteiger partial charge in [0.25, 0.3) is 0 Å². The minimum absolute atomic E-state index is 0.00830. The number of aliphatic hydroxyl groups is 5. The van der Waals surface area contributed by atoms with E-state index < -0.39 is 89.6 Å². The van der Waals surface area contributed by atoms with Crippen LogP contribution < -0.4 is 0 Å². The second-order valence-electron chi connectivity index (χ2n) is 15.2. The zero-order valence-corrected chi connectivity index (χ0v) is 38.2. The molecule has 1 fully saturated rings. The van der Waals surface area contributed by atoms with Crippen LogP contribution in [0.1, 0.15) is 136 Å². The number of phosphoric acid groups is 2. The molecule has 0 bridgehead atoms. The van der Waals surface area contributed by atoms with Gasteiger partial charge in [-0.25, -0.2) is 9.13 Å². The van der Waals surface area contributed by atoms with Crippen LogP contribution in [0.5, 0.6) is 0 Å². The molecule has 0 aromatic rings. The summed E-state index contributed by atoms with van der Waals surface area (Å²) in [6, 6.07) is 0. The molecule has 8 N–H and O–H groups in total. The molecule has 1 aliphatic rings. The number of esters is 2. The van der Waals surface area contributed by atoms with Crippen molar-refractivity contribution in [2.75, 3.05) is 13.2 Å². The Morgan fingerprint density at radius 3 is 1.79 bits per heavy atom. The predicted molar refractivity (Wildman–Crippen MR) is 233 cm³/mol. The van der Waals surface area contributed by atoms with Crippen molar-refractivity contribution in [3.63, 3.8) is 0 Å². The number of allylic oxidation sites excluding steroid dienone is 8. The van der Waals surface area contributed by atoms with Crippen LogP contribution in [0.2, 0.25) is 0 Å². The summed E-state index contributed by atoms with van der Waals surface area (Å²) in [6.45, 7) is 2.77. The average molecular weight is 925 g/mol. The van der Waals surface area contributed by atoms with E-state index in [0.717, 1.165) is 89.9 Å². The van der Waals surface area contributed by atoms with E-state index in [1.54, 1.807) is 6.08 Å². The van der Waals surface area contributed by atoms with Crippen molar-refractivity contribution in [2.24, 2.45) is 0 Å². The van der Waals surface area contributed by atoms with Crippen molar-refractivity contribution in [1.29, 1.82) is 0 Å². The second-order valence-corrected chi connectivity index (χ2v) is 17.8. The quantitative estimate of drug-likeness (QED) is 0.0111. The summed E-state index contributed by atoms with van der Waals surface area (Å²) in [4.78, 5) is 54.1. The Bertz CT molecular complexity index is 1460. The molecule has 1 rings (SSSR count). The Hall–Kier alpha value is -2.34. The third-order valence-electron chi connectivity index (χ3n) is 9.64. The summed E-state index contributed by atoms with van der Waals surface area (Å²) in [5.74, 6) is -1.28. The van der Waals surface area contributed by atoms with Crippen molar-refractivity contribution in [3.05, 3.63) is 60.8 Å². The van der Waals surface area contributed by atoms with Gasteiger partial charge < -0.3 is 49.7 Å². The summed E-state index contributed by atoms with van der Waals surface area (Å²) < 4.78 is 49.2. The fourth-order valence-corrected chi connectivity index (χ4v) is 7.75. The van der Waals surface area contributed by atoms with Gasteiger partial charge in [-0.2, -0.15) is 0 Å². The van der Waals surface area contributed by atoms with Gasteiger partial charge >= 0.3 is 27.6 Å². The molecular weight excluding hydrogens is 850 g/mol. The van der Waals surface area contributed by atoms with Gasteiger partial charge in [0.15, 0.2) is 6.10 Å². The minimum Gasteiger partial charge on any atom is -0.462 e. The number of phosphoric ester groups is 2. The second kappa shape index (κ2) is 34.1. The molecule has 1 aliphatic carbocycles. The lowest BCUT2D eigenvalue weighted by atomic mass is 9.85. The summed E-state index contributed by atoms with van der Waals surface area (Å²) >= 11 is 0. The maximum Gasteiger partial charge on any atom is 0.472 e. The summed E-state index contributed by atoms with van der Waals surface area (Å²) in [5.41, 5.74) is 0. The first-order chi connectivity index (χ1) is 29.5. The first-order valence-electron chi connectivity index (χ1n) is 21.9. The van der Waals surface area contributed by atoms with Crippen LogP contribution in [0.25, 0.3) is 0 Å². The Morgan fingerprint density at radius 2 is 1.18 bits per heavy atom. The van der Waals surface area contributed by atoms with E-state index in [9.17, 15) is 49.1 Å². The van der Waals surface area contributed by atoms with Gasteiger partial charge in [-0.05, 0) is 64.2 Å². The number of hydrogen-bond donors (Lipinski definition) is 8. The van der Waals surface area contributed by atoms with E-state index in [0.29, 0.717) is 19.3 Å². The highest BCUT2D eigenvalue weighted by Crippen LogP contribution is 2.49. The van der Waals surface area contributed by atoms with E-state index in [1.165, 1.54) is 0 Å². The fraction of sp³-hybridized carbons (Fsp3) is 0.721. The topological polar surface area (TPSA) is 276 Å². The molecule has 62 heavy (non-hydrogen) atoms. The van der Waals surface area contributed by atoms with Crippen LogP contribution in [-0.2, 0) is 41.8 Å². The highest BCUT2D eigenvalue weighted by atomic mass is 31.2. The number of ether oxygens (including phenoxy) is 2. The Balaban J connectivity index is 2.67. The summed E-state index contributed by atoms with van der Waals surface area (Å²) in [6.07, 6.45) is 19.5. The summed E-state index contributed by atoms with van der Waals surface area (Å²) in [7, 11) is -10.7. The lowest BCUT2D eigenvalue weighted by Crippen LogP contribution is -2.64. The summed E-state index contributed by atoms with van der Waals surface area (Å²) in [5, 5.41) is 51.0. The van der Waals surface area contributed by atoms with Gasteiger partial charge in [-0.1, -0.05) is 120 Å². The van der Waals surface area contributed by atoms with E-state index in [-0.39, 0.29) is 12.8 Å². The molecule has 0 amide bonds. The highest BCUT2D eigenvalue weighted by Gasteiger charge is 2.54. The normalized spacial score (nSPS) is 23.2. The molecule has 358 valence electrons. The lowest BCUT2D eigenvalue weighted by Gasteiger charge is -2.43. The molecule has 0 saturated heterocycles. The first kappa shape index (κ1) is 57.7. The third-order valence-corrected chi connectivity index (χ3v) is 11.1. The van der Waals surface area contributed by atoms with Gasteiger partial charge in [0.1, 0.15) is 43.2 Å². The van der Waals surface area contributed by atoms with E-state index >= 15 is 0 Å². The van der Waals surface area contributed by atoms with Gasteiger partial charge in [0, 0.05) is 12.8 Å². The van der Waals surface area contributed by atoms with Crippen molar-refractivity contribution in [2.45, 2.75) is 185 Å². The molecule has 6 unspecified atom stereocenters. The van der Waals surface area contributed by atoms with E-state index in [2.05, 4.69) is 35.8 Å². The molecule has 17 nitrogen and oxygen atoms in total. The number of unbranched alkanes of at least 4 members (excludes halogenated alkanes) is 11. The molecular formula is C43H74O17P2. The zero-order chi connectivity index (χ0) is 46.2. The average Bonchev–Trinajstić information content (AvgIpc) is 3.22. The van der Waals surface area contributed by atoms with Crippen molar-refractivity contribution in [1.82, 2.24) is 0 Å². The van der Waals surface area contributed by atoms with Crippen LogP contribution in [-0.4, -0.2) is 114 Å². The predicted octanol–water partition coefficient (Wildman–Crippen LogP) is 6.47. The van der Waals surface area contributed by atoms with Crippen LogP contribution >= 0.6 is 15.6 Å². The standard InChI is InChI=1S/C43H74O17P2/c1-3-5-7-8-9-10-11-12-13-16-19-22-26-30-36(45)56-32-35(58-37(46)31-27-23-20-17-14-15-18-21-25-29-34(44)28-24-6-4-2)33-57-62(54,55)60-43-40(49)38(47)39(48)42(41(43)50)59-61(51,52)53/h6-8,10-11,18,21,24-25,29,34-35,38-44,47-50H,3-5,9,12-17,19-20,22-23,26-28,30-33H2,1-2H3,(H,54,55)(H2,51,52,53)/b8-7-,11-10-,21-18+,24-6+,29-25+/t34?,35-,38?,39?,40?,41?,42-,43+/m1/s1. The van der Waals surface area contributed by atoms with Gasteiger partial charge in [-0.3, -0.25) is 23.2 Å². The van der Waals surface area contributed by atoms with Crippen molar-refractivity contribution >= 4 is 27.6 Å². The third kappa shape index (κ3) is 28.5. The maximum atomic E-state index is 12.9. The van der Waals surface area contributed by atoms with Crippen LogP contribution in [0.3, 0.4) is 0 Å². The Morgan fingerprint density at radius 1 is 0.613 bits per heavy atom. The minimum atomic E-state index is -5.37. The number of hydrogen-bond acceptors (Lipinski definition) is 14. The molecule has 0 spiro atoms. The monoisotopic (exact) mass is 924 g/mol. The lowest BCUT2D eigenvalue weighted by molar-refractivity contribution is -0.216. The van der Waals surface area contributed by atoms with Crippen molar-refractivity contribution < 1.29 is 82.0 Å². The number of carbonyl (C=O) groups is 2. The van der Waals surface area contributed by atoms with Crippen LogP contribution in [0.15, 0.2) is 60.8 Å². The number of carbonyl (C=O) groups excluding carboxylic acids is 2. The molecule has 0 heterocycles. The largest absolute Gasteiger partial charge is 0.472 e. The zero-order valence-electron chi connectivity index (χ0n) is 36.4. The molecule has 0 aromatic heterocycles. The van der Waals surface area contributed by atoms with Gasteiger partial charge in [0.2, 0.25) is 0 Å². The molecule has 0 aliphatic heterocycles. The molecule has 9 atom stereocenters. The van der Waals surface area contributed by atoms with Gasteiger partial charge in [-0.15, -0.1) is 0 Å². The fourth-order valence-electron chi connectivity index (χ4n) is 6.22. The van der Waals surface area contributed by atoms with E-state index in [1.807, 2.05) is 37.3 Å². The van der Waals surface area contributed by atoms with E-state index in [4.69, 9.17) is 28.3 Å². The molecule has 1 saturated carbocycles. The number of aliphatic hydroxyl groups excluding tert-OH is 5. The SMILES string of the molecule is CC/C=C/CC(O)/C=C/C=C/CCCCCCCC(=O)O[C@H](COC(=O)CCCCCCC/C=C\C/C=C\CCC)COP(=O)(O)O[C@H]1C(O)C(O)C(O)[C@@H](OP(=O)(O)O)C1O. The molecule has 0 aromatic carbocycles. The molecule has 0 radical (unpaired) electrons. The first-order valence-corrected chi connectivity index (χ1v) is 25.0. The van der Waals surface area contributed by atoms with Gasteiger partial charge in [0.05, 0.1) is 12.7 Å². The van der Waals surface area contributed by atoms with Crippen LogP contribution in [0, 0.1) is 0 Å². The highest BCUT2D eigenvalue weighted by molar-refractivity contribution is 7.47. The smallest absolute Gasteiger partial charge is 0.462 e. The Kier molecular flexibility index (Phi) is 31.7. The van der Waals surface area contributed by atoms with Crippen molar-refractivity contribution in [3.8, 4) is 0 Å². The number of rotatable bonds is 35. The van der Waals surface area contributed by atoms with Crippen LogP contribution in [0.4, 0.5) is 0 Å².